The molecule has 2 aromatic rings. The average molecular weight is 403 g/mol. The summed E-state index contributed by atoms with van der Waals surface area (Å²) in [7, 11) is 1.63. The molecule has 2 aliphatic rings. The van der Waals surface area contributed by atoms with E-state index >= 15 is 0 Å². The number of piperidine rings is 1. The molecule has 2 saturated heterocycles. The first-order valence-corrected chi connectivity index (χ1v) is 10.2. The Morgan fingerprint density at radius 3 is 2.20 bits per heavy atom. The molecule has 6 heteroatoms. The Bertz CT molecular complexity index is 1010. The summed E-state index contributed by atoms with van der Waals surface area (Å²) < 4.78 is 0. The van der Waals surface area contributed by atoms with Crippen LogP contribution in [0.3, 0.4) is 0 Å². The van der Waals surface area contributed by atoms with Crippen LogP contribution < -0.4 is 4.90 Å². The number of amides is 1. The third-order valence-corrected chi connectivity index (χ3v) is 6.45. The number of carbonyl (C=O) groups is 2. The summed E-state index contributed by atoms with van der Waals surface area (Å²) in [6.45, 7) is 4.90. The number of ketones is 1. The molecule has 0 N–H and O–H groups in total. The van der Waals surface area contributed by atoms with Crippen molar-refractivity contribution >= 4 is 17.4 Å². The molecule has 6 nitrogen and oxygen atoms in total. The minimum absolute atomic E-state index is 0.0528. The zero-order chi connectivity index (χ0) is 21.5. The molecular formula is C24H25N3O3. The summed E-state index contributed by atoms with van der Waals surface area (Å²) in [6, 6.07) is 15.1. The normalized spacial score (nSPS) is 21.3. The molecule has 154 valence electrons. The van der Waals surface area contributed by atoms with Crippen molar-refractivity contribution in [1.82, 2.24) is 5.06 Å². The second-order valence-corrected chi connectivity index (χ2v) is 8.09. The van der Waals surface area contributed by atoms with Crippen LogP contribution in [0.25, 0.3) is 0 Å². The second-order valence-electron chi connectivity index (χ2n) is 8.09. The summed E-state index contributed by atoms with van der Waals surface area (Å²) >= 11 is 0. The fraction of sp³-hybridized carbons (Fsp3) is 0.375. The number of para-hydroxylation sites is 1. The number of anilines is 1. The van der Waals surface area contributed by atoms with E-state index in [2.05, 4.69) is 6.07 Å². The van der Waals surface area contributed by atoms with E-state index in [-0.39, 0.29) is 11.7 Å². The summed E-state index contributed by atoms with van der Waals surface area (Å²) in [6.07, 6.45) is 1.04. The minimum atomic E-state index is -0.884. The Morgan fingerprint density at radius 1 is 1.07 bits per heavy atom. The molecule has 2 aliphatic heterocycles. The summed E-state index contributed by atoms with van der Waals surface area (Å²) in [5, 5.41) is 11.1. The first-order valence-electron chi connectivity index (χ1n) is 10.2. The number of hydrogen-bond donors (Lipinski definition) is 0. The van der Waals surface area contributed by atoms with Crippen LogP contribution in [0, 0.1) is 25.2 Å². The van der Waals surface area contributed by atoms with Gasteiger partial charge in [-0.2, -0.15) is 10.3 Å². The lowest BCUT2D eigenvalue weighted by Gasteiger charge is -2.42. The summed E-state index contributed by atoms with van der Waals surface area (Å²) in [5.41, 5.74) is 2.74. The van der Waals surface area contributed by atoms with Gasteiger partial charge in [-0.25, -0.2) is 0 Å². The van der Waals surface area contributed by atoms with Gasteiger partial charge in [-0.1, -0.05) is 18.2 Å². The van der Waals surface area contributed by atoms with Crippen molar-refractivity contribution in [2.75, 3.05) is 25.1 Å². The molecule has 0 aromatic heterocycles. The number of aryl methyl sites for hydroxylation is 2. The van der Waals surface area contributed by atoms with Crippen molar-refractivity contribution < 1.29 is 14.4 Å². The number of Topliss-reactive ketones (excluding diaryl/α,β-unsaturated/α-hetero) is 1. The molecule has 2 fully saturated rings. The van der Waals surface area contributed by atoms with Gasteiger partial charge < -0.3 is 4.84 Å². The topological polar surface area (TPSA) is 73.6 Å². The van der Waals surface area contributed by atoms with Crippen molar-refractivity contribution in [3.05, 3.63) is 64.7 Å². The number of nitriles is 1. The molecule has 30 heavy (non-hydrogen) atoms. The highest BCUT2D eigenvalue weighted by Gasteiger charge is 2.60. The van der Waals surface area contributed by atoms with Gasteiger partial charge in [0.05, 0.1) is 18.7 Å². The third kappa shape index (κ3) is 3.02. The van der Waals surface area contributed by atoms with E-state index in [1.807, 2.05) is 49.2 Å². The van der Waals surface area contributed by atoms with Gasteiger partial charge in [0.25, 0.3) is 0 Å². The molecule has 2 heterocycles. The zero-order valence-electron chi connectivity index (χ0n) is 17.5. The Labute approximate surface area is 176 Å². The third-order valence-electron chi connectivity index (χ3n) is 6.45. The Balaban J connectivity index is 1.85. The molecule has 1 spiro atoms. The van der Waals surface area contributed by atoms with Crippen molar-refractivity contribution in [3.63, 3.8) is 0 Å². The molecule has 2 aromatic carbocycles. The predicted octanol–water partition coefficient (Wildman–Crippen LogP) is 3.27. The standard InChI is InChI=1S/C24H25N3O3/c1-16-13-18(15-25)14-17(2)20(16)21-22(28)24(9-11-26(30-3)12-10-24)27(23(21)29)19-7-5-4-6-8-19/h4-8,13-14,21H,9-12H2,1-3H3. The Kier molecular flexibility index (Phi) is 5.19. The molecular weight excluding hydrogens is 378 g/mol. The first-order chi connectivity index (χ1) is 14.4. The second kappa shape index (κ2) is 7.67. The van der Waals surface area contributed by atoms with Gasteiger partial charge in [-0.05, 0) is 67.6 Å². The minimum Gasteiger partial charge on any atom is -0.302 e. The van der Waals surface area contributed by atoms with E-state index in [0.29, 0.717) is 31.5 Å². The molecule has 1 atom stereocenters. The molecule has 4 rings (SSSR count). The van der Waals surface area contributed by atoms with Crippen LogP contribution in [0.5, 0.6) is 0 Å². The van der Waals surface area contributed by atoms with Gasteiger partial charge in [-0.15, -0.1) is 0 Å². The van der Waals surface area contributed by atoms with E-state index < -0.39 is 11.5 Å². The quantitative estimate of drug-likeness (QED) is 0.736. The van der Waals surface area contributed by atoms with E-state index in [9.17, 15) is 14.9 Å². The molecule has 1 amide bonds. The van der Waals surface area contributed by atoms with Gasteiger partial charge in [-0.3, -0.25) is 14.5 Å². The molecule has 0 aliphatic carbocycles. The van der Waals surface area contributed by atoms with E-state index in [1.54, 1.807) is 24.1 Å². The Hall–Kier alpha value is -3.01. The van der Waals surface area contributed by atoms with Crippen LogP contribution in [0.2, 0.25) is 0 Å². The lowest BCUT2D eigenvalue weighted by molar-refractivity contribution is -0.155. The zero-order valence-corrected chi connectivity index (χ0v) is 17.5. The van der Waals surface area contributed by atoms with Crippen LogP contribution in [0.1, 0.15) is 41.0 Å². The van der Waals surface area contributed by atoms with Gasteiger partial charge in [0.15, 0.2) is 5.78 Å². The fourth-order valence-corrected chi connectivity index (χ4v) is 5.04. The van der Waals surface area contributed by atoms with Gasteiger partial charge in [0.1, 0.15) is 11.5 Å². The van der Waals surface area contributed by atoms with Gasteiger partial charge >= 0.3 is 0 Å². The average Bonchev–Trinajstić information content (AvgIpc) is 2.95. The number of nitrogens with zero attached hydrogens (tertiary/aromatic N) is 3. The summed E-state index contributed by atoms with van der Waals surface area (Å²) in [4.78, 5) is 34.8. The fourth-order valence-electron chi connectivity index (χ4n) is 5.04. The maximum atomic E-state index is 13.9. The largest absolute Gasteiger partial charge is 0.302 e. The Morgan fingerprint density at radius 2 is 1.67 bits per heavy atom. The lowest BCUT2D eigenvalue weighted by Crippen LogP contribution is -2.56. The number of carbonyl (C=O) groups excluding carboxylic acids is 2. The summed E-state index contributed by atoms with van der Waals surface area (Å²) in [5.74, 6) is -1.09. The molecule has 0 radical (unpaired) electrons. The number of rotatable bonds is 3. The van der Waals surface area contributed by atoms with E-state index in [0.717, 1.165) is 22.4 Å². The SMILES string of the molecule is CON1CCC2(CC1)C(=O)C(c1c(C)cc(C#N)cc1C)C(=O)N2c1ccccc1. The monoisotopic (exact) mass is 403 g/mol. The maximum Gasteiger partial charge on any atom is 0.243 e. The van der Waals surface area contributed by atoms with Gasteiger partial charge in [0, 0.05) is 18.8 Å². The van der Waals surface area contributed by atoms with E-state index in [4.69, 9.17) is 4.84 Å². The van der Waals surface area contributed by atoms with Crippen LogP contribution in [-0.4, -0.2) is 42.5 Å². The van der Waals surface area contributed by atoms with Crippen LogP contribution in [0.4, 0.5) is 5.69 Å². The lowest BCUT2D eigenvalue weighted by atomic mass is 9.78. The van der Waals surface area contributed by atoms with Crippen molar-refractivity contribution in [3.8, 4) is 6.07 Å². The smallest absolute Gasteiger partial charge is 0.243 e. The predicted molar refractivity (Wildman–Crippen MR) is 113 cm³/mol. The highest BCUT2D eigenvalue weighted by molar-refractivity contribution is 6.25. The first kappa shape index (κ1) is 20.3. The van der Waals surface area contributed by atoms with Crippen molar-refractivity contribution in [2.24, 2.45) is 0 Å². The number of hydroxylamine groups is 2. The molecule has 0 saturated carbocycles. The van der Waals surface area contributed by atoms with Crippen LogP contribution in [-0.2, 0) is 14.4 Å². The maximum absolute atomic E-state index is 13.9. The van der Waals surface area contributed by atoms with Crippen LogP contribution in [0.15, 0.2) is 42.5 Å². The van der Waals surface area contributed by atoms with Crippen molar-refractivity contribution in [1.29, 1.82) is 5.26 Å². The van der Waals surface area contributed by atoms with Gasteiger partial charge in [0.2, 0.25) is 5.91 Å². The number of benzene rings is 2. The van der Waals surface area contributed by atoms with Crippen molar-refractivity contribution in [2.45, 2.75) is 38.1 Å². The van der Waals surface area contributed by atoms with Crippen LogP contribution >= 0.6 is 0 Å². The number of hydrogen-bond acceptors (Lipinski definition) is 5. The van der Waals surface area contributed by atoms with E-state index in [1.165, 1.54) is 0 Å². The molecule has 0 bridgehead atoms. The molecule has 1 unspecified atom stereocenters. The highest BCUT2D eigenvalue weighted by Crippen LogP contribution is 2.46. The highest BCUT2D eigenvalue weighted by atomic mass is 16.7.